The van der Waals surface area contributed by atoms with Crippen molar-refractivity contribution in [2.24, 2.45) is 68.0 Å². The van der Waals surface area contributed by atoms with Crippen LogP contribution in [0, 0.1) is 68.0 Å². The van der Waals surface area contributed by atoms with E-state index >= 15 is 26.3 Å². The average molecular weight is 1980 g/mol. The molecule has 0 bridgehead atoms. The molecule has 0 spiro atoms. The number of allylic oxidation sites excluding steroid dienone is 12. The molecule has 9 saturated carbocycles. The van der Waals surface area contributed by atoms with Crippen molar-refractivity contribution in [2.45, 2.75) is 266 Å². The van der Waals surface area contributed by atoms with Crippen molar-refractivity contribution in [3.05, 3.63) is 267 Å². The number of amides is 1. The number of halogens is 6. The molecule has 2 saturated heterocycles. The van der Waals surface area contributed by atoms with E-state index in [-0.39, 0.29) is 74.5 Å². The first-order chi connectivity index (χ1) is 67.5. The predicted molar refractivity (Wildman–Crippen MR) is 517 cm³/mol. The Morgan fingerprint density at radius 2 is 0.776 bits per heavy atom. The van der Waals surface area contributed by atoms with Crippen LogP contribution in [0.3, 0.4) is 0 Å². The number of Topliss-reactive ketones (excluding diaryl/α,β-unsaturated/α-hetero) is 3. The second-order valence-electron chi connectivity index (χ2n) is 44.1. The van der Waals surface area contributed by atoms with Crippen LogP contribution in [0.15, 0.2) is 217 Å². The molecule has 29 atom stereocenters. The van der Waals surface area contributed by atoms with Crippen molar-refractivity contribution in [1.29, 1.82) is 0 Å². The number of alkyl halides is 6. The van der Waals surface area contributed by atoms with E-state index in [0.29, 0.717) is 16.7 Å². The number of fused-ring (bicyclic) bond motifs is 19. The summed E-state index contributed by atoms with van der Waals surface area (Å²) in [5.74, 6) is -8.54. The van der Waals surface area contributed by atoms with Gasteiger partial charge in [0.2, 0.25) is 0 Å². The minimum Gasteiger partial charge on any atom is -0.444 e. The molecule has 24 nitrogen and oxygen atoms in total. The van der Waals surface area contributed by atoms with Gasteiger partial charge >= 0.3 is 6.09 Å². The van der Waals surface area contributed by atoms with Gasteiger partial charge in [-0.3, -0.25) is 38.9 Å². The monoisotopic (exact) mass is 1980 g/mol. The number of aliphatic hydroxyl groups excluding tert-OH is 7. The number of benzene rings is 6. The van der Waals surface area contributed by atoms with E-state index < -0.39 is 236 Å². The summed E-state index contributed by atoms with van der Waals surface area (Å²) in [6, 6.07) is 46.3. The Bertz CT molecular complexity index is 5950. The van der Waals surface area contributed by atoms with Crippen LogP contribution in [0.25, 0.3) is 0 Å². The first kappa shape index (κ1) is 104. The van der Waals surface area contributed by atoms with Gasteiger partial charge < -0.3 is 76.0 Å². The number of carbonyl (C=O) groups is 8. The minimum absolute atomic E-state index is 0.0216. The second-order valence-corrected chi connectivity index (χ2v) is 44.1. The van der Waals surface area contributed by atoms with Crippen LogP contribution in [0.1, 0.15) is 188 Å². The lowest BCUT2D eigenvalue weighted by atomic mass is 9.44. The van der Waals surface area contributed by atoms with Gasteiger partial charge in [-0.1, -0.05) is 148 Å². The Morgan fingerprint density at radius 1 is 0.441 bits per heavy atom. The zero-order valence-electron chi connectivity index (χ0n) is 81.5. The molecule has 13 N–H and O–H groups in total. The first-order valence-electron chi connectivity index (χ1n) is 49.4. The molecule has 0 aromatic heterocycles. The van der Waals surface area contributed by atoms with Crippen molar-refractivity contribution < 1.29 is 129 Å². The van der Waals surface area contributed by atoms with Crippen LogP contribution >= 0.6 is 0 Å². The third-order valence-electron chi connectivity index (χ3n) is 35.5. The van der Waals surface area contributed by atoms with E-state index in [2.05, 4.69) is 5.32 Å². The van der Waals surface area contributed by atoms with Crippen molar-refractivity contribution in [2.75, 3.05) is 36.6 Å². The maximum absolute atomic E-state index is 17.6. The van der Waals surface area contributed by atoms with Gasteiger partial charge in [-0.05, 0) is 279 Å². The number of nitrogen functional groups attached to an aromatic ring is 2. The van der Waals surface area contributed by atoms with Crippen molar-refractivity contribution in [1.82, 2.24) is 0 Å². The van der Waals surface area contributed by atoms with Crippen molar-refractivity contribution >= 4 is 64.1 Å². The molecule has 20 rings (SSSR count). The lowest BCUT2D eigenvalue weighted by molar-refractivity contribution is -0.235. The Morgan fingerprint density at radius 3 is 1.13 bits per heavy atom. The smallest absolute Gasteiger partial charge is 0.412 e. The highest BCUT2D eigenvalue weighted by Crippen LogP contribution is 2.77. The Labute approximate surface area is 826 Å². The molecular formula is C113H127F6N3O21. The number of ketones is 6. The molecule has 11 fully saturated rings. The van der Waals surface area contributed by atoms with E-state index in [1.54, 1.807) is 27.7 Å². The van der Waals surface area contributed by atoms with Gasteiger partial charge in [-0.2, -0.15) is 0 Å². The quantitative estimate of drug-likeness (QED) is 0.0204. The molecule has 0 radical (unpaired) electrons. The van der Waals surface area contributed by atoms with E-state index in [1.165, 1.54) is 49.8 Å². The number of rotatable bonds is 19. The number of hydrogen-bond donors (Lipinski definition) is 11. The number of carbonyl (C=O) groups excluding carboxylic acids is 8. The molecule has 6 aromatic carbocycles. The third kappa shape index (κ3) is 16.8. The number of ether oxygens (including phenoxy) is 5. The summed E-state index contributed by atoms with van der Waals surface area (Å²) in [5.41, 5.74) is 1.35. The second kappa shape index (κ2) is 38.0. The van der Waals surface area contributed by atoms with Crippen molar-refractivity contribution in [3.63, 3.8) is 0 Å². The lowest BCUT2D eigenvalue weighted by Gasteiger charge is -2.63. The molecule has 14 aliphatic rings. The van der Waals surface area contributed by atoms with Crippen LogP contribution in [-0.2, 0) is 91.0 Å². The average Bonchev–Trinajstić information content (AvgIpc) is 1.49. The van der Waals surface area contributed by atoms with E-state index in [0.717, 1.165) is 114 Å². The Hall–Kier alpha value is -10.6. The SMILES string of the molecule is CC(C)(C)OC(=O)Nc1cccc(CCc2ccc(C=O)cc2)c1.C[C@]12C=CC(=O)C=C1[C@@H](F)C[C@H]1[C@@H]3C[C@@H](O)[C@](O)(C(=O)CO)[C@@]3(C)C[C@H](O)[C@@]12F.C[C@]12C=CC(=O)C=C1[C@@H](F)C[C@H]1[C@@H]3C[C@H]4O[C@@H](c5ccc(CCc6cccc(N)c6)cc5)O[C@@]4(C(=O)CO)[C@@]3(C)C[C@H](O)[C@@]12F.C[C@]12C=CC(=O)C=C1[C@@H](F)C[C@H]1[C@@H]3C[C@H]4O[C@H](c5ccc(CCc6cccc(N)c6)cc5)O[C@@]4(C(=O)CO)[C@@]3(C)C[C@H](O)[C@@]12F. The highest BCUT2D eigenvalue weighted by molar-refractivity contribution is 6.03. The number of aliphatic hydroxyl groups is 8. The fraction of sp³-hybridized carbons (Fsp3) is 0.504. The van der Waals surface area contributed by atoms with Crippen LogP contribution in [0.5, 0.6) is 0 Å². The lowest BCUT2D eigenvalue weighted by Crippen LogP contribution is -2.70. The predicted octanol–water partition coefficient (Wildman–Crippen LogP) is 14.6. The van der Waals surface area contributed by atoms with Gasteiger partial charge in [0.1, 0.15) is 50.2 Å². The topological polar surface area (TPSA) is 409 Å². The first-order valence-corrected chi connectivity index (χ1v) is 49.4. The Kier molecular flexibility index (Phi) is 27.6. The van der Waals surface area contributed by atoms with E-state index in [4.69, 9.17) is 35.2 Å². The maximum atomic E-state index is 17.6. The van der Waals surface area contributed by atoms with Gasteiger partial charge in [0.05, 0.1) is 36.6 Å². The summed E-state index contributed by atoms with van der Waals surface area (Å²) < 4.78 is 130. The standard InChI is InChI=1S/2C36H39F2NO6.C21H26F2O6.C20H23NO3/c2*1-33-13-12-24(41)15-27(33)28(37)16-26-25-17-31-36(30(43)19-40,34(25,2)18-29(42)35(26,33)38)45-32(44-31)22-10-8-20(9-11-22)6-7-21-4-3-5-23(39)14-21;1-18-4-3-10(25)5-13(18)14(22)6-12-11-7-15(26)21(29,17(28)9-24)19(11,2)8-16(27)20(12,18)23;1-20(2,3)24-19(23)21-18-6-4-5-16(13-18)10-7-15-8-11-17(14-22)12-9-15/h2*3-5,8-15,25-26,28-29,31-32,40,42H,6-7,16-19,39H2,1-2H3;3-5,11-12,14-16,24,26-27,29H,6-9H2,1-2H3;4-6,8-9,11-14H,7,10H2,1-3H3,(H,21,23)/t25-,26-,28-,29-,31+,32+,33-,34-,35-,36+;25-,26-,28-,29-,31+,32-,33-,34-,35-,36+;11-,12-,14-,15+,16-,18-,19-,20-,21-;/m000./s1. The molecule has 143 heavy (non-hydrogen) atoms. The normalized spacial score (nSPS) is 38.9. The summed E-state index contributed by atoms with van der Waals surface area (Å²) >= 11 is 0. The third-order valence-corrected chi connectivity index (χ3v) is 35.5. The van der Waals surface area contributed by atoms with Crippen LogP contribution in [0.4, 0.5) is 48.2 Å². The zero-order valence-corrected chi connectivity index (χ0v) is 81.5. The summed E-state index contributed by atoms with van der Waals surface area (Å²) in [6.45, 7) is 12.4. The summed E-state index contributed by atoms with van der Waals surface area (Å²) in [5, 5.41) is 88.4. The van der Waals surface area contributed by atoms with Gasteiger partial charge in [-0.15, -0.1) is 0 Å². The van der Waals surface area contributed by atoms with Gasteiger partial charge in [-0.25, -0.2) is 31.1 Å². The number of hydrogen-bond acceptors (Lipinski definition) is 23. The van der Waals surface area contributed by atoms with Crippen LogP contribution < -0.4 is 16.8 Å². The number of aryl methyl sites for hydroxylation is 6. The van der Waals surface area contributed by atoms with Crippen LogP contribution in [0.2, 0.25) is 0 Å². The molecule has 30 heteroatoms. The number of nitrogens with one attached hydrogen (secondary N) is 1. The van der Waals surface area contributed by atoms with Crippen LogP contribution in [-0.4, -0.2) is 202 Å². The zero-order chi connectivity index (χ0) is 103. The fourth-order valence-electron chi connectivity index (χ4n) is 28.3. The van der Waals surface area contributed by atoms with Crippen molar-refractivity contribution in [3.8, 4) is 0 Å². The highest BCUT2D eigenvalue weighted by Gasteiger charge is 2.84. The molecule has 2 aliphatic heterocycles. The summed E-state index contributed by atoms with van der Waals surface area (Å²) in [4.78, 5) is 98.3. The molecule has 6 aromatic rings. The number of nitrogens with two attached hydrogens (primary N) is 2. The largest absolute Gasteiger partial charge is 0.444 e. The molecular weight excluding hydrogens is 1850 g/mol. The number of anilines is 3. The van der Waals surface area contributed by atoms with E-state index in [9.17, 15) is 79.2 Å². The summed E-state index contributed by atoms with van der Waals surface area (Å²) in [7, 11) is 0. The van der Waals surface area contributed by atoms with Gasteiger partial charge in [0, 0.05) is 84.0 Å². The fourth-order valence-corrected chi connectivity index (χ4v) is 28.3. The molecule has 2 heterocycles. The molecule has 12 aliphatic carbocycles. The molecule has 762 valence electrons. The highest BCUT2D eigenvalue weighted by atomic mass is 19.2. The molecule has 1 amide bonds. The molecule has 0 unspecified atom stereocenters. The summed E-state index contributed by atoms with van der Waals surface area (Å²) in [6.07, 6.45) is 0.416. The number of aldehydes is 1. The maximum Gasteiger partial charge on any atom is 0.412 e. The van der Waals surface area contributed by atoms with Gasteiger partial charge in [0.15, 0.2) is 81.1 Å². The minimum atomic E-state index is -2.37. The van der Waals surface area contributed by atoms with Gasteiger partial charge in [0.25, 0.3) is 0 Å². The Balaban J connectivity index is 0.000000135. The van der Waals surface area contributed by atoms with E-state index in [1.807, 2.05) is 166 Å².